The third kappa shape index (κ3) is 4.66. The van der Waals surface area contributed by atoms with Crippen LogP contribution in [-0.2, 0) is 13.0 Å². The molecule has 140 valence electrons. The van der Waals surface area contributed by atoms with Gasteiger partial charge < -0.3 is 10.4 Å². The van der Waals surface area contributed by atoms with E-state index in [2.05, 4.69) is 20.6 Å². The average molecular weight is 357 g/mol. The molecule has 0 radical (unpaired) electrons. The first-order valence-electron chi connectivity index (χ1n) is 9.16. The van der Waals surface area contributed by atoms with Crippen molar-refractivity contribution in [3.05, 3.63) is 41.5 Å². The minimum atomic E-state index is -0.800. The zero-order valence-corrected chi connectivity index (χ0v) is 15.6. The van der Waals surface area contributed by atoms with E-state index in [9.17, 15) is 9.90 Å². The third-order valence-corrected chi connectivity index (χ3v) is 4.82. The molecule has 0 unspecified atom stereocenters. The Bertz CT molecular complexity index is 765. The number of carbonyl (C=O) groups is 1. The molecule has 2 N–H and O–H groups in total. The van der Waals surface area contributed by atoms with E-state index < -0.39 is 5.60 Å². The van der Waals surface area contributed by atoms with Crippen LogP contribution in [0.5, 0.6) is 0 Å². The van der Waals surface area contributed by atoms with Gasteiger partial charge in [0.25, 0.3) is 5.91 Å². The first-order valence-corrected chi connectivity index (χ1v) is 9.16. The molecule has 3 rings (SSSR count). The summed E-state index contributed by atoms with van der Waals surface area (Å²) in [6, 6.07) is 3.85. The maximum atomic E-state index is 12.5. The molecule has 2 heterocycles. The number of aromatic nitrogens is 4. The lowest BCUT2D eigenvalue weighted by Crippen LogP contribution is -2.39. The molecule has 1 aliphatic rings. The van der Waals surface area contributed by atoms with Gasteiger partial charge in [0.1, 0.15) is 5.69 Å². The fourth-order valence-corrected chi connectivity index (χ4v) is 3.60. The molecule has 0 aromatic carbocycles. The van der Waals surface area contributed by atoms with E-state index in [1.807, 2.05) is 29.9 Å². The van der Waals surface area contributed by atoms with Crippen LogP contribution in [0.25, 0.3) is 0 Å². The van der Waals surface area contributed by atoms with Crippen molar-refractivity contribution in [2.75, 3.05) is 0 Å². The normalized spacial score (nSPS) is 20.3. The fraction of sp³-hybridized carbons (Fsp3) is 0.579. The number of rotatable bonds is 6. The monoisotopic (exact) mass is 357 g/mol. The summed E-state index contributed by atoms with van der Waals surface area (Å²) >= 11 is 0. The minimum Gasteiger partial charge on any atom is -0.390 e. The highest BCUT2D eigenvalue weighted by atomic mass is 16.3. The molecule has 0 aliphatic heterocycles. The van der Waals surface area contributed by atoms with E-state index in [0.717, 1.165) is 30.5 Å². The molecule has 1 saturated carbocycles. The largest absolute Gasteiger partial charge is 0.390 e. The summed E-state index contributed by atoms with van der Waals surface area (Å²) in [5.74, 6) is 0.209. The van der Waals surface area contributed by atoms with Crippen molar-refractivity contribution < 1.29 is 9.90 Å². The minimum absolute atomic E-state index is 0.110. The average Bonchev–Trinajstić information content (AvgIpc) is 3.16. The van der Waals surface area contributed by atoms with Gasteiger partial charge in [-0.1, -0.05) is 17.7 Å². The summed E-state index contributed by atoms with van der Waals surface area (Å²) < 4.78 is 1.82. The summed E-state index contributed by atoms with van der Waals surface area (Å²) in [5, 5.41) is 21.4. The van der Waals surface area contributed by atoms with E-state index in [1.54, 1.807) is 20.0 Å². The van der Waals surface area contributed by atoms with Crippen LogP contribution in [0.1, 0.15) is 54.9 Å². The van der Waals surface area contributed by atoms with Gasteiger partial charge >= 0.3 is 0 Å². The molecular formula is C19H27N5O2. The third-order valence-electron chi connectivity index (χ3n) is 4.82. The second kappa shape index (κ2) is 7.53. The fourth-order valence-electron chi connectivity index (χ4n) is 3.60. The van der Waals surface area contributed by atoms with Gasteiger partial charge in [0.15, 0.2) is 0 Å². The smallest absolute Gasteiger partial charge is 0.270 e. The zero-order valence-electron chi connectivity index (χ0n) is 15.6. The second-order valence-corrected chi connectivity index (χ2v) is 7.86. The molecule has 2 aromatic rings. The van der Waals surface area contributed by atoms with Crippen LogP contribution in [0.4, 0.5) is 0 Å². The van der Waals surface area contributed by atoms with Gasteiger partial charge in [-0.3, -0.25) is 14.5 Å². The van der Waals surface area contributed by atoms with Crippen LogP contribution in [-0.4, -0.2) is 42.6 Å². The van der Waals surface area contributed by atoms with Gasteiger partial charge in [0, 0.05) is 31.4 Å². The van der Waals surface area contributed by atoms with Crippen molar-refractivity contribution in [3.63, 3.8) is 0 Å². The maximum Gasteiger partial charge on any atom is 0.270 e. The molecule has 2 atom stereocenters. The van der Waals surface area contributed by atoms with Gasteiger partial charge in [-0.15, -0.1) is 5.10 Å². The predicted octanol–water partition coefficient (Wildman–Crippen LogP) is 1.89. The van der Waals surface area contributed by atoms with Crippen molar-refractivity contribution >= 4 is 5.91 Å². The number of amides is 1. The van der Waals surface area contributed by atoms with Crippen molar-refractivity contribution in [1.29, 1.82) is 0 Å². The van der Waals surface area contributed by atoms with Gasteiger partial charge in [-0.25, -0.2) is 0 Å². The second-order valence-electron chi connectivity index (χ2n) is 7.86. The number of hydrogen-bond donors (Lipinski definition) is 2. The van der Waals surface area contributed by atoms with Gasteiger partial charge in [-0.2, -0.15) is 0 Å². The Hall–Kier alpha value is -2.28. The topological polar surface area (TPSA) is 92.9 Å². The van der Waals surface area contributed by atoms with Crippen LogP contribution in [0.3, 0.4) is 0 Å². The van der Waals surface area contributed by atoms with E-state index in [1.165, 1.54) is 0 Å². The van der Waals surface area contributed by atoms with Crippen molar-refractivity contribution in [3.8, 4) is 0 Å². The maximum absolute atomic E-state index is 12.5. The van der Waals surface area contributed by atoms with Crippen LogP contribution in [0, 0.1) is 12.8 Å². The molecule has 0 spiro atoms. The summed E-state index contributed by atoms with van der Waals surface area (Å²) in [6.45, 7) is 6.13. The first-order chi connectivity index (χ1) is 12.3. The van der Waals surface area contributed by atoms with Crippen LogP contribution < -0.4 is 5.32 Å². The lowest BCUT2D eigenvalue weighted by atomic mass is 10.0. The molecule has 1 amide bonds. The zero-order chi connectivity index (χ0) is 18.7. The van der Waals surface area contributed by atoms with E-state index in [0.29, 0.717) is 24.6 Å². The molecule has 2 aromatic heterocycles. The highest BCUT2D eigenvalue weighted by molar-refractivity contribution is 5.93. The Morgan fingerprint density at radius 1 is 1.42 bits per heavy atom. The number of nitrogens with one attached hydrogen (secondary N) is 1. The number of carbonyl (C=O) groups excluding carboxylic acids is 1. The molecule has 1 aliphatic carbocycles. The number of aryl methyl sites for hydroxylation is 1. The van der Waals surface area contributed by atoms with Crippen LogP contribution in [0.15, 0.2) is 24.5 Å². The SMILES string of the molecule is Cc1cccnc1C(=O)N[C@@H]1CCC[C@@H]1Cn1cc(CC(C)(C)O)nn1. The molecule has 7 nitrogen and oxygen atoms in total. The lowest BCUT2D eigenvalue weighted by molar-refractivity contribution is 0.0798. The molecular weight excluding hydrogens is 330 g/mol. The number of nitrogens with zero attached hydrogens (tertiary/aromatic N) is 4. The van der Waals surface area contributed by atoms with Crippen LogP contribution in [0.2, 0.25) is 0 Å². The number of pyridine rings is 1. The van der Waals surface area contributed by atoms with Gasteiger partial charge in [0.05, 0.1) is 11.3 Å². The standard InChI is InChI=1S/C19H27N5O2/c1-13-6-5-9-20-17(13)18(25)21-16-8-4-7-14(16)11-24-12-15(22-23-24)10-19(2,3)26/h5-6,9,12,14,16,26H,4,7-8,10-11H2,1-3H3,(H,21,25)/t14-,16-/m1/s1. The van der Waals surface area contributed by atoms with E-state index >= 15 is 0 Å². The van der Waals surface area contributed by atoms with Crippen LogP contribution >= 0.6 is 0 Å². The molecule has 1 fully saturated rings. The molecule has 26 heavy (non-hydrogen) atoms. The predicted molar refractivity (Wildman–Crippen MR) is 97.6 cm³/mol. The van der Waals surface area contributed by atoms with E-state index in [-0.39, 0.29) is 11.9 Å². The Morgan fingerprint density at radius 3 is 2.96 bits per heavy atom. The molecule has 7 heteroatoms. The highest BCUT2D eigenvalue weighted by Crippen LogP contribution is 2.27. The van der Waals surface area contributed by atoms with Gasteiger partial charge in [-0.05, 0) is 51.2 Å². The van der Waals surface area contributed by atoms with Crippen molar-refractivity contribution in [1.82, 2.24) is 25.3 Å². The number of hydrogen-bond acceptors (Lipinski definition) is 5. The summed E-state index contributed by atoms with van der Waals surface area (Å²) in [4.78, 5) is 16.7. The Kier molecular flexibility index (Phi) is 5.36. The van der Waals surface area contributed by atoms with Crippen molar-refractivity contribution in [2.24, 2.45) is 5.92 Å². The van der Waals surface area contributed by atoms with Crippen molar-refractivity contribution in [2.45, 2.75) is 64.6 Å². The highest BCUT2D eigenvalue weighted by Gasteiger charge is 2.30. The Labute approximate surface area is 153 Å². The Morgan fingerprint density at radius 2 is 2.23 bits per heavy atom. The van der Waals surface area contributed by atoms with E-state index in [4.69, 9.17) is 0 Å². The molecule has 0 saturated heterocycles. The molecule has 0 bridgehead atoms. The lowest BCUT2D eigenvalue weighted by Gasteiger charge is -2.21. The summed E-state index contributed by atoms with van der Waals surface area (Å²) in [5.41, 5.74) is 1.35. The first kappa shape index (κ1) is 18.5. The Balaban J connectivity index is 1.62. The van der Waals surface area contributed by atoms with Gasteiger partial charge in [0.2, 0.25) is 0 Å². The summed E-state index contributed by atoms with van der Waals surface area (Å²) in [6.07, 6.45) is 7.10. The summed E-state index contributed by atoms with van der Waals surface area (Å²) in [7, 11) is 0. The number of aliphatic hydroxyl groups is 1. The quantitative estimate of drug-likeness (QED) is 0.823.